The summed E-state index contributed by atoms with van der Waals surface area (Å²) in [5.41, 5.74) is 2.19. The molecule has 5 nitrogen and oxygen atoms in total. The van der Waals surface area contributed by atoms with Crippen molar-refractivity contribution in [1.82, 2.24) is 15.5 Å². The van der Waals surface area contributed by atoms with E-state index in [9.17, 15) is 4.79 Å². The van der Waals surface area contributed by atoms with Crippen molar-refractivity contribution in [2.75, 3.05) is 0 Å². The number of amides is 1. The molecular weight excluding hydrogens is 310 g/mol. The van der Waals surface area contributed by atoms with Gasteiger partial charge in [-0.1, -0.05) is 30.7 Å². The first-order valence-corrected chi connectivity index (χ1v) is 8.62. The molecule has 1 fully saturated rings. The van der Waals surface area contributed by atoms with Crippen LogP contribution in [0.4, 0.5) is 0 Å². The van der Waals surface area contributed by atoms with Crippen molar-refractivity contribution >= 4 is 17.2 Å². The third-order valence-electron chi connectivity index (χ3n) is 4.37. The summed E-state index contributed by atoms with van der Waals surface area (Å²) in [6, 6.07) is 1.94. The number of aromatic nitrogens is 2. The van der Waals surface area contributed by atoms with Crippen molar-refractivity contribution in [2.24, 2.45) is 17.3 Å². The van der Waals surface area contributed by atoms with Gasteiger partial charge in [-0.15, -0.1) is 0 Å². The number of nitrogens with zero attached hydrogens (tertiary/aromatic N) is 2. The highest BCUT2D eigenvalue weighted by atomic mass is 32.1. The second-order valence-electron chi connectivity index (χ2n) is 6.81. The third kappa shape index (κ3) is 3.22. The van der Waals surface area contributed by atoms with Gasteiger partial charge in [0.2, 0.25) is 17.6 Å². The molecule has 0 aliphatic heterocycles. The number of thiophene rings is 1. The van der Waals surface area contributed by atoms with Gasteiger partial charge >= 0.3 is 0 Å². The molecule has 2 heterocycles. The van der Waals surface area contributed by atoms with E-state index in [2.05, 4.69) is 49.2 Å². The molecule has 0 spiro atoms. The second kappa shape index (κ2) is 5.92. The van der Waals surface area contributed by atoms with Gasteiger partial charge in [-0.3, -0.25) is 4.79 Å². The molecular formula is C17H21N3O2S. The minimum absolute atomic E-state index is 0.0108. The maximum absolute atomic E-state index is 12.4. The summed E-state index contributed by atoms with van der Waals surface area (Å²) in [5, 5.41) is 10.8. The normalized spacial score (nSPS) is 21.7. The Labute approximate surface area is 139 Å². The summed E-state index contributed by atoms with van der Waals surface area (Å²) < 4.78 is 5.20. The number of allylic oxidation sites excluding steroid dienone is 2. The topological polar surface area (TPSA) is 68.0 Å². The van der Waals surface area contributed by atoms with Crippen molar-refractivity contribution in [3.63, 3.8) is 0 Å². The Morgan fingerprint density at radius 1 is 1.48 bits per heavy atom. The lowest BCUT2D eigenvalue weighted by Gasteiger charge is -2.03. The Morgan fingerprint density at radius 2 is 2.26 bits per heavy atom. The van der Waals surface area contributed by atoms with E-state index >= 15 is 0 Å². The highest BCUT2D eigenvalue weighted by Gasteiger charge is 2.60. The summed E-state index contributed by atoms with van der Waals surface area (Å²) >= 11 is 1.58. The molecule has 23 heavy (non-hydrogen) atoms. The maximum Gasteiger partial charge on any atom is 0.246 e. The molecule has 2 aromatic rings. The molecule has 6 heteroatoms. The Kier molecular flexibility index (Phi) is 4.10. The largest absolute Gasteiger partial charge is 0.347 e. The minimum atomic E-state index is 0.0108. The number of rotatable bonds is 5. The number of hydrogen-bond donors (Lipinski definition) is 1. The lowest BCUT2D eigenvalue weighted by molar-refractivity contribution is -0.123. The molecule has 1 aliphatic rings. The minimum Gasteiger partial charge on any atom is -0.347 e. The van der Waals surface area contributed by atoms with Crippen LogP contribution in [0, 0.1) is 17.3 Å². The van der Waals surface area contributed by atoms with E-state index in [1.54, 1.807) is 11.3 Å². The SMILES string of the molecule is CC(C)=C[C@H]1[C@H](C(=O)NCc2nc(-c3ccsc3)no2)C1(C)C. The van der Waals surface area contributed by atoms with Crippen LogP contribution in [0.3, 0.4) is 0 Å². The van der Waals surface area contributed by atoms with E-state index in [4.69, 9.17) is 4.52 Å². The highest BCUT2D eigenvalue weighted by Crippen LogP contribution is 2.59. The van der Waals surface area contributed by atoms with E-state index in [1.807, 2.05) is 16.8 Å². The van der Waals surface area contributed by atoms with Gasteiger partial charge < -0.3 is 9.84 Å². The molecule has 0 radical (unpaired) electrons. The molecule has 1 amide bonds. The Bertz CT molecular complexity index is 727. The van der Waals surface area contributed by atoms with Crippen molar-refractivity contribution in [1.29, 1.82) is 0 Å². The zero-order valence-corrected chi connectivity index (χ0v) is 14.6. The molecule has 2 atom stereocenters. The Balaban J connectivity index is 1.59. The summed E-state index contributed by atoms with van der Waals surface area (Å²) in [6.07, 6.45) is 2.19. The van der Waals surface area contributed by atoms with Gasteiger partial charge in [0.05, 0.1) is 12.5 Å². The lowest BCUT2D eigenvalue weighted by Crippen LogP contribution is -2.26. The van der Waals surface area contributed by atoms with E-state index < -0.39 is 0 Å². The van der Waals surface area contributed by atoms with Crippen LogP contribution in [-0.4, -0.2) is 16.0 Å². The number of hydrogen-bond acceptors (Lipinski definition) is 5. The second-order valence-corrected chi connectivity index (χ2v) is 7.59. The summed E-state index contributed by atoms with van der Waals surface area (Å²) in [7, 11) is 0. The zero-order valence-electron chi connectivity index (χ0n) is 13.8. The first-order chi connectivity index (χ1) is 10.9. The summed E-state index contributed by atoms with van der Waals surface area (Å²) in [4.78, 5) is 16.7. The van der Waals surface area contributed by atoms with Crippen molar-refractivity contribution in [3.05, 3.63) is 34.4 Å². The van der Waals surface area contributed by atoms with Crippen LogP contribution < -0.4 is 5.32 Å². The molecule has 1 N–H and O–H groups in total. The van der Waals surface area contributed by atoms with Gasteiger partial charge in [0.25, 0.3) is 0 Å². The lowest BCUT2D eigenvalue weighted by atomic mass is 10.1. The smallest absolute Gasteiger partial charge is 0.246 e. The molecule has 0 bridgehead atoms. The number of nitrogens with one attached hydrogen (secondary N) is 1. The monoisotopic (exact) mass is 331 g/mol. The van der Waals surface area contributed by atoms with Gasteiger partial charge in [-0.25, -0.2) is 0 Å². The van der Waals surface area contributed by atoms with Crippen molar-refractivity contribution in [2.45, 2.75) is 34.2 Å². The van der Waals surface area contributed by atoms with Gasteiger partial charge in [0.15, 0.2) is 0 Å². The van der Waals surface area contributed by atoms with Gasteiger partial charge in [0, 0.05) is 10.9 Å². The predicted molar refractivity (Wildman–Crippen MR) is 89.6 cm³/mol. The fraction of sp³-hybridized carbons (Fsp3) is 0.471. The van der Waals surface area contributed by atoms with Crippen LogP contribution in [0.15, 0.2) is 33.0 Å². The maximum atomic E-state index is 12.4. The molecule has 3 rings (SSSR count). The fourth-order valence-electron chi connectivity index (χ4n) is 2.96. The van der Waals surface area contributed by atoms with E-state index in [0.29, 0.717) is 17.6 Å². The Morgan fingerprint density at radius 3 is 2.91 bits per heavy atom. The van der Waals surface area contributed by atoms with Crippen LogP contribution in [0.5, 0.6) is 0 Å². The van der Waals surface area contributed by atoms with Crippen molar-refractivity contribution < 1.29 is 9.32 Å². The van der Waals surface area contributed by atoms with Crippen LogP contribution in [0.25, 0.3) is 11.4 Å². The van der Waals surface area contributed by atoms with E-state index in [-0.39, 0.29) is 23.8 Å². The quantitative estimate of drug-likeness (QED) is 0.849. The molecule has 2 aromatic heterocycles. The average molecular weight is 331 g/mol. The van der Waals surface area contributed by atoms with Crippen LogP contribution in [0.2, 0.25) is 0 Å². The first kappa shape index (κ1) is 15.9. The van der Waals surface area contributed by atoms with Gasteiger partial charge in [-0.2, -0.15) is 16.3 Å². The van der Waals surface area contributed by atoms with Crippen LogP contribution in [0.1, 0.15) is 33.6 Å². The summed E-state index contributed by atoms with van der Waals surface area (Å²) in [5.74, 6) is 1.35. The molecule has 0 aromatic carbocycles. The fourth-order valence-corrected chi connectivity index (χ4v) is 3.59. The van der Waals surface area contributed by atoms with E-state index in [0.717, 1.165) is 5.56 Å². The van der Waals surface area contributed by atoms with Gasteiger partial charge in [-0.05, 0) is 36.6 Å². The Hall–Kier alpha value is -1.95. The molecule has 122 valence electrons. The van der Waals surface area contributed by atoms with Crippen LogP contribution in [-0.2, 0) is 11.3 Å². The number of carbonyl (C=O) groups is 1. The molecule has 0 saturated heterocycles. The first-order valence-electron chi connectivity index (χ1n) is 7.67. The summed E-state index contributed by atoms with van der Waals surface area (Å²) in [6.45, 7) is 8.65. The average Bonchev–Trinajstić information content (AvgIpc) is 2.96. The predicted octanol–water partition coefficient (Wildman–Crippen LogP) is 3.65. The van der Waals surface area contributed by atoms with E-state index in [1.165, 1.54) is 5.57 Å². The molecule has 0 unspecified atom stereocenters. The number of carbonyl (C=O) groups excluding carboxylic acids is 1. The molecule has 1 aliphatic carbocycles. The zero-order chi connectivity index (χ0) is 16.6. The van der Waals surface area contributed by atoms with Crippen LogP contribution >= 0.6 is 11.3 Å². The third-order valence-corrected chi connectivity index (χ3v) is 5.05. The van der Waals surface area contributed by atoms with Crippen molar-refractivity contribution in [3.8, 4) is 11.4 Å². The highest BCUT2D eigenvalue weighted by molar-refractivity contribution is 7.08. The standard InChI is InChI=1S/C17H21N3O2S/c1-10(2)7-12-14(17(12,3)4)16(21)18-8-13-19-15(20-22-13)11-5-6-23-9-11/h5-7,9,12,14H,8H2,1-4H3,(H,18,21)/t12-,14+/m0/s1. The molecule has 1 saturated carbocycles. The van der Waals surface area contributed by atoms with Gasteiger partial charge in [0.1, 0.15) is 0 Å².